The van der Waals surface area contributed by atoms with Crippen molar-refractivity contribution >= 4 is 15.7 Å². The van der Waals surface area contributed by atoms with Gasteiger partial charge in [0.1, 0.15) is 5.75 Å². The van der Waals surface area contributed by atoms with Gasteiger partial charge in [0.05, 0.1) is 6.10 Å². The highest BCUT2D eigenvalue weighted by molar-refractivity contribution is 7.91. The lowest BCUT2D eigenvalue weighted by Crippen LogP contribution is -2.44. The average Bonchev–Trinajstić information content (AvgIpc) is 1.96. The molecule has 4 N–H and O–H groups in total. The zero-order valence-electron chi connectivity index (χ0n) is 8.23. The average molecular weight is 224 g/mol. The molecule has 7 heteroatoms. The van der Waals surface area contributed by atoms with Crippen molar-refractivity contribution in [3.63, 3.8) is 0 Å². The van der Waals surface area contributed by atoms with E-state index in [9.17, 15) is 13.2 Å². The van der Waals surface area contributed by atoms with Gasteiger partial charge in [0.2, 0.25) is 5.91 Å². The number of aliphatic hydroxyl groups excluding tert-OH is 1. The van der Waals surface area contributed by atoms with Crippen LogP contribution in [-0.4, -0.2) is 50.1 Å². The van der Waals surface area contributed by atoms with E-state index >= 15 is 0 Å². The maximum atomic E-state index is 11.0. The second-order valence-corrected chi connectivity index (χ2v) is 5.42. The Hall–Kier alpha value is -0.660. The topological polar surface area (TPSA) is 109 Å². The van der Waals surface area contributed by atoms with Crippen LogP contribution in [0.5, 0.6) is 0 Å². The molecular formula is C7H16N2O4S. The summed E-state index contributed by atoms with van der Waals surface area (Å²) in [5.41, 5.74) is 5.41. The predicted octanol–water partition coefficient (Wildman–Crippen LogP) is -2.14. The van der Waals surface area contributed by atoms with E-state index in [-0.39, 0.29) is 6.54 Å². The molecule has 0 rings (SSSR count). The molecule has 0 aromatic carbocycles. The van der Waals surface area contributed by atoms with E-state index in [1.54, 1.807) is 0 Å². The summed E-state index contributed by atoms with van der Waals surface area (Å²) in [5.74, 6) is -1.16. The van der Waals surface area contributed by atoms with Crippen LogP contribution in [-0.2, 0) is 14.6 Å². The fourth-order valence-electron chi connectivity index (χ4n) is 0.691. The minimum Gasteiger partial charge on any atom is -0.392 e. The van der Waals surface area contributed by atoms with Gasteiger partial charge in [-0.25, -0.2) is 8.42 Å². The van der Waals surface area contributed by atoms with Gasteiger partial charge in [0, 0.05) is 18.8 Å². The number of carbonyl (C=O) groups is 1. The van der Waals surface area contributed by atoms with Gasteiger partial charge in [-0.3, -0.25) is 4.79 Å². The van der Waals surface area contributed by atoms with Crippen molar-refractivity contribution < 1.29 is 18.3 Å². The monoisotopic (exact) mass is 224 g/mol. The first-order chi connectivity index (χ1) is 6.22. The van der Waals surface area contributed by atoms with Crippen LogP contribution in [0, 0.1) is 0 Å². The van der Waals surface area contributed by atoms with Gasteiger partial charge < -0.3 is 16.2 Å². The molecule has 0 heterocycles. The van der Waals surface area contributed by atoms with Gasteiger partial charge in [0.15, 0.2) is 9.84 Å². The lowest BCUT2D eigenvalue weighted by Gasteiger charge is -2.14. The van der Waals surface area contributed by atoms with Gasteiger partial charge in [0.25, 0.3) is 0 Å². The molecule has 6 nitrogen and oxygen atoms in total. The number of hydrogen-bond donors (Lipinski definition) is 3. The molecule has 0 aromatic rings. The third-order valence-electron chi connectivity index (χ3n) is 1.55. The van der Waals surface area contributed by atoms with Crippen LogP contribution >= 0.6 is 0 Å². The van der Waals surface area contributed by atoms with Crippen molar-refractivity contribution in [3.8, 4) is 0 Å². The number of hydrogen-bond acceptors (Lipinski definition) is 5. The van der Waals surface area contributed by atoms with Crippen LogP contribution in [0.1, 0.15) is 6.92 Å². The third-order valence-corrected chi connectivity index (χ3v) is 2.33. The second-order valence-electron chi connectivity index (χ2n) is 3.28. The Labute approximate surface area is 83.4 Å². The molecule has 1 amide bonds. The second kappa shape index (κ2) is 5.28. The highest BCUT2D eigenvalue weighted by Gasteiger charge is 2.13. The van der Waals surface area contributed by atoms with E-state index in [4.69, 9.17) is 10.8 Å². The van der Waals surface area contributed by atoms with E-state index in [0.29, 0.717) is 0 Å². The number of nitrogens with two attached hydrogens (primary N) is 1. The Balaban J connectivity index is 3.87. The Morgan fingerprint density at radius 1 is 1.57 bits per heavy atom. The maximum Gasteiger partial charge on any atom is 0.235 e. The molecule has 84 valence electrons. The molecule has 0 spiro atoms. The molecule has 2 unspecified atom stereocenters. The number of aliphatic hydroxyl groups is 1. The van der Waals surface area contributed by atoms with Crippen molar-refractivity contribution in [3.05, 3.63) is 0 Å². The van der Waals surface area contributed by atoms with Gasteiger partial charge >= 0.3 is 0 Å². The Morgan fingerprint density at radius 3 is 2.43 bits per heavy atom. The quantitative estimate of drug-likeness (QED) is 0.493. The van der Waals surface area contributed by atoms with E-state index < -0.39 is 33.6 Å². The van der Waals surface area contributed by atoms with Gasteiger partial charge in [-0.15, -0.1) is 0 Å². The van der Waals surface area contributed by atoms with E-state index in [2.05, 4.69) is 5.32 Å². The van der Waals surface area contributed by atoms with Crippen LogP contribution in [0.3, 0.4) is 0 Å². The van der Waals surface area contributed by atoms with Crippen molar-refractivity contribution in [1.82, 2.24) is 5.32 Å². The standard InChI is InChI=1S/C7H16N2O4S/c1-5(10)6(8)3-9-7(11)4-14(2,12)13/h5-6,10H,3-4,8H2,1-2H3,(H,9,11). The molecule has 0 aromatic heterocycles. The van der Waals surface area contributed by atoms with Gasteiger partial charge in [-0.2, -0.15) is 0 Å². The molecule has 0 bridgehead atoms. The van der Waals surface area contributed by atoms with Crippen molar-refractivity contribution in [2.45, 2.75) is 19.1 Å². The third kappa shape index (κ3) is 6.81. The first-order valence-corrected chi connectivity index (χ1v) is 6.16. The normalized spacial score (nSPS) is 16.0. The van der Waals surface area contributed by atoms with Crippen LogP contribution < -0.4 is 11.1 Å². The minimum absolute atomic E-state index is 0.0615. The summed E-state index contributed by atoms with van der Waals surface area (Å²) in [6.07, 6.45) is 0.231. The fraction of sp³-hybridized carbons (Fsp3) is 0.857. The van der Waals surface area contributed by atoms with Gasteiger partial charge in [-0.1, -0.05) is 0 Å². The van der Waals surface area contributed by atoms with Crippen molar-refractivity contribution in [2.24, 2.45) is 5.73 Å². The molecule has 0 saturated carbocycles. The summed E-state index contributed by atoms with van der Waals surface area (Å²) in [6, 6.07) is -0.585. The summed E-state index contributed by atoms with van der Waals surface area (Å²) in [5, 5.41) is 11.3. The number of rotatable bonds is 5. The zero-order chi connectivity index (χ0) is 11.4. The van der Waals surface area contributed by atoms with Crippen LogP contribution in [0.4, 0.5) is 0 Å². The maximum absolute atomic E-state index is 11.0. The predicted molar refractivity (Wildman–Crippen MR) is 52.4 cm³/mol. The SMILES string of the molecule is CC(O)C(N)CNC(=O)CS(C)(=O)=O. The van der Waals surface area contributed by atoms with Crippen LogP contribution in [0.25, 0.3) is 0 Å². The molecule has 0 aliphatic heterocycles. The van der Waals surface area contributed by atoms with E-state index in [0.717, 1.165) is 6.26 Å². The summed E-state index contributed by atoms with van der Waals surface area (Å²) in [7, 11) is -3.31. The number of carbonyl (C=O) groups excluding carboxylic acids is 1. The van der Waals surface area contributed by atoms with Gasteiger partial charge in [-0.05, 0) is 6.92 Å². The van der Waals surface area contributed by atoms with E-state index in [1.807, 2.05) is 0 Å². The number of sulfone groups is 1. The van der Waals surface area contributed by atoms with Crippen LogP contribution in [0.15, 0.2) is 0 Å². The fourth-order valence-corrected chi connectivity index (χ4v) is 1.27. The molecule has 0 aliphatic rings. The number of nitrogens with one attached hydrogen (secondary N) is 1. The molecule has 0 saturated heterocycles. The molecule has 0 radical (unpaired) electrons. The minimum atomic E-state index is -3.31. The molecule has 2 atom stereocenters. The number of amides is 1. The Kier molecular flexibility index (Phi) is 5.03. The zero-order valence-corrected chi connectivity index (χ0v) is 9.04. The Morgan fingerprint density at radius 2 is 2.07 bits per heavy atom. The highest BCUT2D eigenvalue weighted by Crippen LogP contribution is 1.87. The summed E-state index contributed by atoms with van der Waals surface area (Å²) < 4.78 is 21.4. The summed E-state index contributed by atoms with van der Waals surface area (Å²) >= 11 is 0. The van der Waals surface area contributed by atoms with Crippen LogP contribution in [0.2, 0.25) is 0 Å². The van der Waals surface area contributed by atoms with Crippen molar-refractivity contribution in [1.29, 1.82) is 0 Å². The largest absolute Gasteiger partial charge is 0.392 e. The molecule has 0 aliphatic carbocycles. The van der Waals surface area contributed by atoms with E-state index in [1.165, 1.54) is 6.92 Å². The first kappa shape index (κ1) is 13.3. The van der Waals surface area contributed by atoms with Crippen molar-refractivity contribution in [2.75, 3.05) is 18.6 Å². The lowest BCUT2D eigenvalue weighted by molar-refractivity contribution is -0.118. The lowest BCUT2D eigenvalue weighted by atomic mass is 10.2. The summed E-state index contributed by atoms with van der Waals surface area (Å²) in [4.78, 5) is 11.0. The first-order valence-electron chi connectivity index (χ1n) is 4.10. The molecule has 0 fully saturated rings. The molecule has 14 heavy (non-hydrogen) atoms. The highest BCUT2D eigenvalue weighted by atomic mass is 32.2. The molecular weight excluding hydrogens is 208 g/mol. The Bertz CT molecular complexity index is 286. The smallest absolute Gasteiger partial charge is 0.235 e. The summed E-state index contributed by atoms with van der Waals surface area (Å²) in [6.45, 7) is 1.55.